The molecule has 1 aliphatic rings. The lowest BCUT2D eigenvalue weighted by Gasteiger charge is -2.18. The van der Waals surface area contributed by atoms with E-state index in [1.807, 2.05) is 12.4 Å². The van der Waals surface area contributed by atoms with Crippen molar-refractivity contribution in [1.82, 2.24) is 10.3 Å². The second kappa shape index (κ2) is 5.08. The Kier molecular flexibility index (Phi) is 3.76. The Balaban J connectivity index is 2.09. The summed E-state index contributed by atoms with van der Waals surface area (Å²) < 4.78 is 1.07. The van der Waals surface area contributed by atoms with Crippen molar-refractivity contribution in [3.8, 4) is 0 Å². The third-order valence-corrected chi connectivity index (χ3v) is 3.23. The van der Waals surface area contributed by atoms with Gasteiger partial charge < -0.3 is 5.32 Å². The molecule has 0 bridgehead atoms. The molecular weight excluding hydrogens is 252 g/mol. The Morgan fingerprint density at radius 2 is 2.33 bits per heavy atom. The molecule has 1 saturated carbocycles. The molecule has 1 N–H and O–H groups in total. The molecule has 0 spiro atoms. The second-order valence-corrected chi connectivity index (χ2v) is 5.12. The molecule has 0 saturated heterocycles. The van der Waals surface area contributed by atoms with Crippen LogP contribution in [-0.4, -0.2) is 11.5 Å². The molecule has 15 heavy (non-hydrogen) atoms. The quantitative estimate of drug-likeness (QED) is 0.887. The number of hydrogen-bond acceptors (Lipinski definition) is 2. The minimum atomic E-state index is 0.509. The lowest BCUT2D eigenvalue weighted by atomic mass is 10.0. The number of nitrogens with zero attached hydrogens (tertiary/aromatic N) is 1. The molecule has 82 valence electrons. The first-order chi connectivity index (χ1) is 7.31. The number of hydrogen-bond donors (Lipinski definition) is 1. The maximum Gasteiger partial charge on any atom is 0.0410 e. The van der Waals surface area contributed by atoms with E-state index in [2.05, 4.69) is 39.2 Å². The van der Waals surface area contributed by atoms with Gasteiger partial charge in [-0.1, -0.05) is 6.92 Å². The number of pyridine rings is 1. The SMILES string of the molecule is CCCNC(c1cncc(Br)c1)C1CC1. The highest BCUT2D eigenvalue weighted by atomic mass is 79.9. The molecule has 1 aromatic rings. The van der Waals surface area contributed by atoms with Gasteiger partial charge in [0, 0.05) is 22.9 Å². The predicted octanol–water partition coefficient (Wildman–Crippen LogP) is 3.29. The standard InChI is InChI=1S/C12H17BrN2/c1-2-5-15-12(9-3-4-9)10-6-11(13)8-14-7-10/h6-9,12,15H,2-5H2,1H3. The van der Waals surface area contributed by atoms with Crippen LogP contribution >= 0.6 is 15.9 Å². The number of halogens is 1. The largest absolute Gasteiger partial charge is 0.310 e. The van der Waals surface area contributed by atoms with Crippen molar-refractivity contribution in [3.05, 3.63) is 28.5 Å². The average Bonchev–Trinajstić information content (AvgIpc) is 3.03. The van der Waals surface area contributed by atoms with E-state index in [1.165, 1.54) is 24.8 Å². The highest BCUT2D eigenvalue weighted by Crippen LogP contribution is 2.41. The number of nitrogens with one attached hydrogen (secondary N) is 1. The maximum absolute atomic E-state index is 4.24. The molecule has 0 aromatic carbocycles. The van der Waals surface area contributed by atoms with Gasteiger partial charge in [-0.2, -0.15) is 0 Å². The van der Waals surface area contributed by atoms with E-state index in [-0.39, 0.29) is 0 Å². The highest BCUT2D eigenvalue weighted by Gasteiger charge is 2.31. The summed E-state index contributed by atoms with van der Waals surface area (Å²) in [7, 11) is 0. The molecule has 0 radical (unpaired) electrons. The zero-order valence-corrected chi connectivity index (χ0v) is 10.6. The fourth-order valence-corrected chi connectivity index (χ4v) is 2.27. The van der Waals surface area contributed by atoms with Crippen LogP contribution in [0.5, 0.6) is 0 Å². The monoisotopic (exact) mass is 268 g/mol. The van der Waals surface area contributed by atoms with Crippen LogP contribution in [0.3, 0.4) is 0 Å². The van der Waals surface area contributed by atoms with E-state index in [0.29, 0.717) is 6.04 Å². The van der Waals surface area contributed by atoms with Crippen LogP contribution in [-0.2, 0) is 0 Å². The molecule has 0 aliphatic heterocycles. The van der Waals surface area contributed by atoms with Crippen molar-refractivity contribution in [2.75, 3.05) is 6.54 Å². The van der Waals surface area contributed by atoms with Crippen molar-refractivity contribution in [2.24, 2.45) is 5.92 Å². The van der Waals surface area contributed by atoms with Gasteiger partial charge in [0.2, 0.25) is 0 Å². The van der Waals surface area contributed by atoms with Gasteiger partial charge >= 0.3 is 0 Å². The van der Waals surface area contributed by atoms with Crippen molar-refractivity contribution in [2.45, 2.75) is 32.2 Å². The van der Waals surface area contributed by atoms with Gasteiger partial charge in [0.15, 0.2) is 0 Å². The van der Waals surface area contributed by atoms with Crippen LogP contribution < -0.4 is 5.32 Å². The van der Waals surface area contributed by atoms with Gasteiger partial charge in [0.25, 0.3) is 0 Å². The van der Waals surface area contributed by atoms with E-state index < -0.39 is 0 Å². The Morgan fingerprint density at radius 1 is 1.53 bits per heavy atom. The molecule has 1 fully saturated rings. The zero-order chi connectivity index (χ0) is 10.7. The molecular formula is C12H17BrN2. The van der Waals surface area contributed by atoms with Crippen LogP contribution in [0, 0.1) is 5.92 Å². The molecule has 1 unspecified atom stereocenters. The summed E-state index contributed by atoms with van der Waals surface area (Å²) >= 11 is 3.48. The summed E-state index contributed by atoms with van der Waals surface area (Å²) in [4.78, 5) is 4.24. The number of rotatable bonds is 5. The average molecular weight is 269 g/mol. The van der Waals surface area contributed by atoms with Crippen LogP contribution in [0.15, 0.2) is 22.9 Å². The molecule has 1 heterocycles. The molecule has 3 heteroatoms. The molecule has 0 amide bonds. The smallest absolute Gasteiger partial charge is 0.0410 e. The van der Waals surface area contributed by atoms with Crippen LogP contribution in [0.4, 0.5) is 0 Å². The third-order valence-electron chi connectivity index (χ3n) is 2.79. The topological polar surface area (TPSA) is 24.9 Å². The molecule has 2 nitrogen and oxygen atoms in total. The van der Waals surface area contributed by atoms with Gasteiger partial charge in [-0.3, -0.25) is 4.98 Å². The van der Waals surface area contributed by atoms with Crippen LogP contribution in [0.2, 0.25) is 0 Å². The van der Waals surface area contributed by atoms with E-state index >= 15 is 0 Å². The first-order valence-corrected chi connectivity index (χ1v) is 6.44. The van der Waals surface area contributed by atoms with Gasteiger partial charge in [-0.05, 0) is 59.3 Å². The van der Waals surface area contributed by atoms with Gasteiger partial charge in [0.05, 0.1) is 0 Å². The summed E-state index contributed by atoms with van der Waals surface area (Å²) in [6.07, 6.45) is 7.72. The first kappa shape index (κ1) is 11.1. The van der Waals surface area contributed by atoms with Crippen molar-refractivity contribution < 1.29 is 0 Å². The van der Waals surface area contributed by atoms with Gasteiger partial charge in [0.1, 0.15) is 0 Å². The lowest BCUT2D eigenvalue weighted by Crippen LogP contribution is -2.23. The van der Waals surface area contributed by atoms with E-state index in [0.717, 1.165) is 16.9 Å². The van der Waals surface area contributed by atoms with E-state index in [1.54, 1.807) is 0 Å². The number of aromatic nitrogens is 1. The minimum Gasteiger partial charge on any atom is -0.310 e. The Morgan fingerprint density at radius 3 is 2.93 bits per heavy atom. The van der Waals surface area contributed by atoms with Crippen LogP contribution in [0.25, 0.3) is 0 Å². The lowest BCUT2D eigenvalue weighted by molar-refractivity contribution is 0.480. The highest BCUT2D eigenvalue weighted by molar-refractivity contribution is 9.10. The Labute approximate surface area is 99.6 Å². The van der Waals surface area contributed by atoms with Crippen molar-refractivity contribution in [1.29, 1.82) is 0 Å². The molecule has 1 atom stereocenters. The summed E-state index contributed by atoms with van der Waals surface area (Å²) in [5, 5.41) is 3.61. The predicted molar refractivity (Wildman–Crippen MR) is 65.7 cm³/mol. The Hall–Kier alpha value is -0.410. The molecule has 2 rings (SSSR count). The summed E-state index contributed by atoms with van der Waals surface area (Å²) in [5.41, 5.74) is 1.32. The first-order valence-electron chi connectivity index (χ1n) is 5.65. The van der Waals surface area contributed by atoms with Crippen molar-refractivity contribution in [3.63, 3.8) is 0 Å². The van der Waals surface area contributed by atoms with Crippen molar-refractivity contribution >= 4 is 15.9 Å². The summed E-state index contributed by atoms with van der Waals surface area (Å²) in [6, 6.07) is 2.69. The zero-order valence-electron chi connectivity index (χ0n) is 9.04. The third kappa shape index (κ3) is 3.02. The molecule has 1 aliphatic carbocycles. The summed E-state index contributed by atoms with van der Waals surface area (Å²) in [5.74, 6) is 0.827. The molecule has 1 aromatic heterocycles. The van der Waals surface area contributed by atoms with Crippen LogP contribution in [0.1, 0.15) is 37.8 Å². The maximum atomic E-state index is 4.24. The van der Waals surface area contributed by atoms with Gasteiger partial charge in [-0.25, -0.2) is 0 Å². The Bertz CT molecular complexity index is 323. The fourth-order valence-electron chi connectivity index (χ4n) is 1.88. The van der Waals surface area contributed by atoms with Gasteiger partial charge in [-0.15, -0.1) is 0 Å². The normalized spacial score (nSPS) is 17.7. The summed E-state index contributed by atoms with van der Waals surface area (Å²) in [6.45, 7) is 3.30. The minimum absolute atomic E-state index is 0.509. The fraction of sp³-hybridized carbons (Fsp3) is 0.583. The van der Waals surface area contributed by atoms with E-state index in [9.17, 15) is 0 Å². The second-order valence-electron chi connectivity index (χ2n) is 4.21. The van der Waals surface area contributed by atoms with E-state index in [4.69, 9.17) is 0 Å².